The Kier molecular flexibility index (Phi) is 7.60. The molecule has 0 heterocycles. The van der Waals surface area contributed by atoms with Gasteiger partial charge in [-0.05, 0) is 86.4 Å². The van der Waals surface area contributed by atoms with E-state index in [0.29, 0.717) is 5.75 Å². The Bertz CT molecular complexity index is 1060. The fourth-order valence-electron chi connectivity index (χ4n) is 3.40. The van der Waals surface area contributed by atoms with Crippen molar-refractivity contribution in [2.75, 3.05) is 0 Å². The van der Waals surface area contributed by atoms with Crippen LogP contribution < -0.4 is 4.74 Å². The highest BCUT2D eigenvalue weighted by molar-refractivity contribution is 9.12. The predicted octanol–water partition coefficient (Wildman–Crippen LogP) is 8.19. The lowest BCUT2D eigenvalue weighted by molar-refractivity contribution is -0.129. The molecule has 4 heteroatoms. The number of halogens is 1. The molecule has 0 aliphatic rings. The first-order chi connectivity index (χ1) is 15.4. The Balaban J connectivity index is 2.02. The number of ether oxygens (including phenoxy) is 1. The van der Waals surface area contributed by atoms with E-state index in [1.165, 1.54) is 25.8 Å². The summed E-state index contributed by atoms with van der Waals surface area (Å²) in [5.41, 5.74) is 2.85. The standard InChI is InChI=1S/C29H32BrO2S/c1-20(30)27(31)32-23-12-18-26(19-13-23)33(24-14-8-21(9-15-24)28(2,3)4)25-16-10-22(11-17-25)29(5,6)7/h8-19H,1H2,2-7H3/q+1. The van der Waals surface area contributed by atoms with Crippen molar-refractivity contribution in [2.45, 2.75) is 67.1 Å². The molecule has 172 valence electrons. The van der Waals surface area contributed by atoms with Gasteiger partial charge in [-0.1, -0.05) is 72.4 Å². The first kappa shape index (κ1) is 25.3. The molecule has 0 saturated carbocycles. The number of hydrogen-bond donors (Lipinski definition) is 0. The normalized spacial score (nSPS) is 12.0. The van der Waals surface area contributed by atoms with E-state index in [1.54, 1.807) is 0 Å². The molecule has 33 heavy (non-hydrogen) atoms. The maximum absolute atomic E-state index is 11.8. The third-order valence-corrected chi connectivity index (χ3v) is 7.96. The van der Waals surface area contributed by atoms with E-state index in [1.807, 2.05) is 24.3 Å². The third kappa shape index (κ3) is 6.39. The van der Waals surface area contributed by atoms with Crippen molar-refractivity contribution in [3.05, 3.63) is 95.0 Å². The van der Waals surface area contributed by atoms with Gasteiger partial charge in [0.05, 0.1) is 15.4 Å². The minimum Gasteiger partial charge on any atom is -0.423 e. The van der Waals surface area contributed by atoms with E-state index in [-0.39, 0.29) is 26.2 Å². The third-order valence-electron chi connectivity index (χ3n) is 5.40. The molecule has 3 aromatic carbocycles. The second-order valence-corrected chi connectivity index (χ2v) is 13.1. The number of benzene rings is 3. The summed E-state index contributed by atoms with van der Waals surface area (Å²) >= 11 is 3.07. The van der Waals surface area contributed by atoms with E-state index in [9.17, 15) is 4.79 Å². The lowest BCUT2D eigenvalue weighted by Crippen LogP contribution is -2.13. The van der Waals surface area contributed by atoms with Crippen molar-refractivity contribution in [2.24, 2.45) is 0 Å². The van der Waals surface area contributed by atoms with E-state index >= 15 is 0 Å². The monoisotopic (exact) mass is 523 g/mol. The van der Waals surface area contributed by atoms with Gasteiger partial charge in [-0.15, -0.1) is 0 Å². The summed E-state index contributed by atoms with van der Waals surface area (Å²) in [6.45, 7) is 17.0. The summed E-state index contributed by atoms with van der Waals surface area (Å²) in [5.74, 6) is 0.0105. The Hall–Kier alpha value is -2.30. The van der Waals surface area contributed by atoms with Crippen LogP contribution in [-0.4, -0.2) is 5.97 Å². The summed E-state index contributed by atoms with van der Waals surface area (Å²) in [6, 6.07) is 25.7. The Labute approximate surface area is 209 Å². The van der Waals surface area contributed by atoms with Gasteiger partial charge in [-0.3, -0.25) is 0 Å². The zero-order chi connectivity index (χ0) is 24.4. The number of carbonyl (C=O) groups excluding carboxylic acids is 1. The molecule has 0 saturated heterocycles. The minimum absolute atomic E-state index is 0.108. The maximum Gasteiger partial charge on any atom is 0.350 e. The first-order valence-corrected chi connectivity index (χ1v) is 13.0. The van der Waals surface area contributed by atoms with Crippen LogP contribution in [0, 0.1) is 0 Å². The lowest BCUT2D eigenvalue weighted by atomic mass is 9.87. The van der Waals surface area contributed by atoms with Crippen molar-refractivity contribution >= 4 is 32.8 Å². The lowest BCUT2D eigenvalue weighted by Gasteiger charge is -2.20. The van der Waals surface area contributed by atoms with Crippen molar-refractivity contribution in [3.8, 4) is 5.75 Å². The molecular formula is C29H32BrO2S+. The van der Waals surface area contributed by atoms with Gasteiger partial charge in [0.25, 0.3) is 0 Å². The van der Waals surface area contributed by atoms with Crippen molar-refractivity contribution in [1.29, 1.82) is 0 Å². The number of rotatable bonds is 5. The minimum atomic E-state index is -0.489. The Morgan fingerprint density at radius 2 is 1.03 bits per heavy atom. The van der Waals surface area contributed by atoms with E-state index in [2.05, 4.69) is 113 Å². The molecule has 3 rings (SSSR count). The first-order valence-electron chi connectivity index (χ1n) is 11.0. The smallest absolute Gasteiger partial charge is 0.350 e. The second-order valence-electron chi connectivity index (χ2n) is 10.1. The van der Waals surface area contributed by atoms with Gasteiger partial charge < -0.3 is 4.74 Å². The van der Waals surface area contributed by atoms with Gasteiger partial charge in [-0.2, -0.15) is 0 Å². The van der Waals surface area contributed by atoms with Gasteiger partial charge in [0.15, 0.2) is 14.7 Å². The number of hydrogen-bond acceptors (Lipinski definition) is 2. The molecule has 0 radical (unpaired) electrons. The largest absolute Gasteiger partial charge is 0.423 e. The zero-order valence-corrected chi connectivity index (χ0v) is 22.6. The molecule has 0 fully saturated rings. The molecule has 0 amide bonds. The van der Waals surface area contributed by atoms with Crippen molar-refractivity contribution < 1.29 is 9.53 Å². The van der Waals surface area contributed by atoms with E-state index < -0.39 is 5.97 Å². The average molecular weight is 525 g/mol. The summed E-state index contributed by atoms with van der Waals surface area (Å²) in [5, 5.41) is 0. The summed E-state index contributed by atoms with van der Waals surface area (Å²) in [6.07, 6.45) is 0. The molecule has 0 N–H and O–H groups in total. The predicted molar refractivity (Wildman–Crippen MR) is 143 cm³/mol. The molecule has 2 nitrogen and oxygen atoms in total. The van der Waals surface area contributed by atoms with Crippen molar-refractivity contribution in [3.63, 3.8) is 0 Å². The zero-order valence-electron chi connectivity index (χ0n) is 20.2. The molecule has 0 bridgehead atoms. The quantitative estimate of drug-likeness (QED) is 0.146. The average Bonchev–Trinajstić information content (AvgIpc) is 2.74. The highest BCUT2D eigenvalue weighted by atomic mass is 79.9. The highest BCUT2D eigenvalue weighted by Crippen LogP contribution is 2.35. The van der Waals surface area contributed by atoms with Crippen LogP contribution in [0.1, 0.15) is 52.7 Å². The van der Waals surface area contributed by atoms with Gasteiger partial charge >= 0.3 is 5.97 Å². The molecule has 0 aliphatic carbocycles. The van der Waals surface area contributed by atoms with Crippen LogP contribution in [0.15, 0.2) is 98.5 Å². The fraction of sp³-hybridized carbons (Fsp3) is 0.276. The Morgan fingerprint density at radius 3 is 1.33 bits per heavy atom. The Morgan fingerprint density at radius 1 is 0.697 bits per heavy atom. The summed E-state index contributed by atoms with van der Waals surface area (Å²) in [4.78, 5) is 15.5. The highest BCUT2D eigenvalue weighted by Gasteiger charge is 2.30. The summed E-state index contributed by atoms with van der Waals surface area (Å²) < 4.78 is 5.54. The summed E-state index contributed by atoms with van der Waals surface area (Å²) in [7, 11) is -0.282. The topological polar surface area (TPSA) is 26.3 Å². The van der Waals surface area contributed by atoms with Crippen LogP contribution in [0.3, 0.4) is 0 Å². The molecule has 3 aromatic rings. The van der Waals surface area contributed by atoms with Crippen LogP contribution in [0.25, 0.3) is 0 Å². The maximum atomic E-state index is 11.8. The van der Waals surface area contributed by atoms with Crippen LogP contribution in [-0.2, 0) is 26.5 Å². The number of carbonyl (C=O) groups is 1. The van der Waals surface area contributed by atoms with Crippen LogP contribution in [0.5, 0.6) is 5.75 Å². The van der Waals surface area contributed by atoms with E-state index in [0.717, 1.165) is 0 Å². The van der Waals surface area contributed by atoms with Gasteiger partial charge in [-0.25, -0.2) is 4.79 Å². The molecule has 0 unspecified atom stereocenters. The van der Waals surface area contributed by atoms with Crippen LogP contribution in [0.2, 0.25) is 0 Å². The second kappa shape index (κ2) is 9.90. The SMILES string of the molecule is C=C(Br)C(=O)Oc1ccc([S+](c2ccc(C(C)(C)C)cc2)c2ccc(C(C)(C)C)cc2)cc1. The number of esters is 1. The molecule has 0 aromatic heterocycles. The van der Waals surface area contributed by atoms with E-state index in [4.69, 9.17) is 4.74 Å². The molecule has 0 aliphatic heterocycles. The van der Waals surface area contributed by atoms with Crippen LogP contribution in [0.4, 0.5) is 0 Å². The van der Waals surface area contributed by atoms with Gasteiger partial charge in [0, 0.05) is 0 Å². The van der Waals surface area contributed by atoms with Crippen molar-refractivity contribution in [1.82, 2.24) is 0 Å². The van der Waals surface area contributed by atoms with Crippen LogP contribution >= 0.6 is 15.9 Å². The van der Waals surface area contributed by atoms with Gasteiger partial charge in [0.1, 0.15) is 5.75 Å². The molecular weight excluding hydrogens is 492 g/mol. The molecule has 0 atom stereocenters. The fourth-order valence-corrected chi connectivity index (χ4v) is 5.52. The van der Waals surface area contributed by atoms with Gasteiger partial charge in [0.2, 0.25) is 0 Å². The molecule has 0 spiro atoms.